The second-order valence-corrected chi connectivity index (χ2v) is 8.48. The molecule has 31 heavy (non-hydrogen) atoms. The SMILES string of the molecule is CC(=O)N[C@@H](C)COc1cnc(-c2ccc(Oc3cccc(OCC4CC4)c3)nn2)s1. The van der Waals surface area contributed by atoms with Crippen molar-refractivity contribution in [2.75, 3.05) is 13.2 Å². The van der Waals surface area contributed by atoms with Crippen molar-refractivity contribution in [3.05, 3.63) is 42.6 Å². The van der Waals surface area contributed by atoms with E-state index in [2.05, 4.69) is 20.5 Å². The van der Waals surface area contributed by atoms with Gasteiger partial charge in [-0.25, -0.2) is 4.98 Å². The van der Waals surface area contributed by atoms with Crippen molar-refractivity contribution in [3.63, 3.8) is 0 Å². The molecule has 1 fully saturated rings. The lowest BCUT2D eigenvalue weighted by atomic mass is 10.3. The molecule has 2 aromatic heterocycles. The molecule has 1 atom stereocenters. The molecule has 1 saturated carbocycles. The maximum atomic E-state index is 11.1. The Hall–Kier alpha value is -3.20. The summed E-state index contributed by atoms with van der Waals surface area (Å²) in [6.45, 7) is 4.47. The zero-order valence-electron chi connectivity index (χ0n) is 17.4. The van der Waals surface area contributed by atoms with Crippen LogP contribution >= 0.6 is 11.3 Å². The normalized spacial score (nSPS) is 14.0. The fourth-order valence-electron chi connectivity index (χ4n) is 2.78. The minimum absolute atomic E-state index is 0.0862. The van der Waals surface area contributed by atoms with Gasteiger partial charge in [-0.1, -0.05) is 17.4 Å². The van der Waals surface area contributed by atoms with Crippen molar-refractivity contribution in [2.45, 2.75) is 32.7 Å². The lowest BCUT2D eigenvalue weighted by molar-refractivity contribution is -0.119. The Bertz CT molecular complexity index is 1020. The average molecular weight is 441 g/mol. The summed E-state index contributed by atoms with van der Waals surface area (Å²) in [6.07, 6.45) is 4.14. The van der Waals surface area contributed by atoms with Crippen molar-refractivity contribution >= 4 is 17.2 Å². The van der Waals surface area contributed by atoms with E-state index < -0.39 is 0 Å². The summed E-state index contributed by atoms with van der Waals surface area (Å²) in [5.41, 5.74) is 0.628. The van der Waals surface area contributed by atoms with Crippen LogP contribution in [0.1, 0.15) is 26.7 Å². The molecule has 8 nitrogen and oxygen atoms in total. The van der Waals surface area contributed by atoms with E-state index in [4.69, 9.17) is 14.2 Å². The third-order valence-electron chi connectivity index (χ3n) is 4.48. The number of rotatable bonds is 10. The zero-order chi connectivity index (χ0) is 21.6. The van der Waals surface area contributed by atoms with Crippen LogP contribution in [0.2, 0.25) is 0 Å². The first-order valence-electron chi connectivity index (χ1n) is 10.2. The molecular weight excluding hydrogens is 416 g/mol. The lowest BCUT2D eigenvalue weighted by Gasteiger charge is -2.11. The molecule has 0 spiro atoms. The summed E-state index contributed by atoms with van der Waals surface area (Å²) in [5.74, 6) is 2.43. The second kappa shape index (κ2) is 9.74. The number of amides is 1. The summed E-state index contributed by atoms with van der Waals surface area (Å²) in [5, 5.41) is 12.5. The third kappa shape index (κ3) is 6.39. The molecule has 1 aliphatic carbocycles. The van der Waals surface area contributed by atoms with E-state index in [1.54, 1.807) is 18.3 Å². The maximum absolute atomic E-state index is 11.1. The van der Waals surface area contributed by atoms with Gasteiger partial charge in [0.25, 0.3) is 0 Å². The molecule has 0 bridgehead atoms. The van der Waals surface area contributed by atoms with Gasteiger partial charge in [0.05, 0.1) is 18.8 Å². The van der Waals surface area contributed by atoms with Gasteiger partial charge in [0.1, 0.15) is 28.8 Å². The highest BCUT2D eigenvalue weighted by atomic mass is 32.1. The highest BCUT2D eigenvalue weighted by Gasteiger charge is 2.22. The van der Waals surface area contributed by atoms with Gasteiger partial charge in [0, 0.05) is 19.1 Å². The molecule has 9 heteroatoms. The standard InChI is InChI=1S/C22H24N4O4S/c1-14(24-15(2)27)12-29-21-11-23-22(31-21)19-8-9-20(26-25-19)30-18-5-3-4-17(10-18)28-13-16-6-7-16/h3-5,8-11,14,16H,6-7,12-13H2,1-2H3,(H,24,27)/t14-/m0/s1. The van der Waals surface area contributed by atoms with Gasteiger partial charge >= 0.3 is 0 Å². The van der Waals surface area contributed by atoms with Gasteiger partial charge in [-0.2, -0.15) is 0 Å². The van der Waals surface area contributed by atoms with Crippen LogP contribution in [0.5, 0.6) is 22.4 Å². The highest BCUT2D eigenvalue weighted by molar-refractivity contribution is 7.16. The smallest absolute Gasteiger partial charge is 0.238 e. The van der Waals surface area contributed by atoms with E-state index in [-0.39, 0.29) is 11.9 Å². The Balaban J connectivity index is 1.32. The first-order valence-corrected chi connectivity index (χ1v) is 11.0. The molecule has 1 aromatic carbocycles. The molecule has 2 heterocycles. The van der Waals surface area contributed by atoms with Gasteiger partial charge in [0.2, 0.25) is 11.8 Å². The van der Waals surface area contributed by atoms with Crippen LogP contribution in [0.15, 0.2) is 42.6 Å². The number of aromatic nitrogens is 3. The summed E-state index contributed by atoms with van der Waals surface area (Å²) in [4.78, 5) is 15.4. The fourth-order valence-corrected chi connectivity index (χ4v) is 3.52. The summed E-state index contributed by atoms with van der Waals surface area (Å²) in [6, 6.07) is 11.0. The van der Waals surface area contributed by atoms with Crippen molar-refractivity contribution in [2.24, 2.45) is 5.92 Å². The van der Waals surface area contributed by atoms with E-state index in [0.29, 0.717) is 39.9 Å². The van der Waals surface area contributed by atoms with E-state index in [1.807, 2.05) is 31.2 Å². The quantitative estimate of drug-likeness (QED) is 0.507. The number of thiazole rings is 1. The van der Waals surface area contributed by atoms with Crippen LogP contribution in [-0.4, -0.2) is 40.3 Å². The topological polar surface area (TPSA) is 95.5 Å². The van der Waals surface area contributed by atoms with Crippen LogP contribution in [0.4, 0.5) is 0 Å². The molecule has 0 radical (unpaired) electrons. The summed E-state index contributed by atoms with van der Waals surface area (Å²) >= 11 is 1.37. The van der Waals surface area contributed by atoms with E-state index in [9.17, 15) is 4.79 Å². The van der Waals surface area contributed by atoms with Crippen molar-refractivity contribution < 1.29 is 19.0 Å². The van der Waals surface area contributed by atoms with Crippen molar-refractivity contribution in [1.29, 1.82) is 0 Å². The van der Waals surface area contributed by atoms with Gasteiger partial charge in [0.15, 0.2) is 5.06 Å². The Morgan fingerprint density at radius 1 is 1.19 bits per heavy atom. The zero-order valence-corrected chi connectivity index (χ0v) is 18.2. The van der Waals surface area contributed by atoms with Gasteiger partial charge in [-0.15, -0.1) is 10.2 Å². The minimum atomic E-state index is -0.0869. The number of nitrogens with one attached hydrogen (secondary N) is 1. The van der Waals surface area contributed by atoms with Crippen LogP contribution in [0, 0.1) is 5.92 Å². The summed E-state index contributed by atoms with van der Waals surface area (Å²) in [7, 11) is 0. The molecule has 0 unspecified atom stereocenters. The molecule has 4 rings (SSSR count). The van der Waals surface area contributed by atoms with E-state index >= 15 is 0 Å². The highest BCUT2D eigenvalue weighted by Crippen LogP contribution is 2.32. The van der Waals surface area contributed by atoms with Crippen LogP contribution in [0.3, 0.4) is 0 Å². The van der Waals surface area contributed by atoms with E-state index in [0.717, 1.165) is 12.4 Å². The van der Waals surface area contributed by atoms with Crippen LogP contribution in [0.25, 0.3) is 10.7 Å². The molecule has 1 N–H and O–H groups in total. The summed E-state index contributed by atoms with van der Waals surface area (Å²) < 4.78 is 17.3. The van der Waals surface area contributed by atoms with E-state index in [1.165, 1.54) is 31.1 Å². The molecule has 1 amide bonds. The molecule has 0 saturated heterocycles. The molecule has 0 aliphatic heterocycles. The Kier molecular flexibility index (Phi) is 6.61. The Morgan fingerprint density at radius 3 is 2.77 bits per heavy atom. The van der Waals surface area contributed by atoms with Gasteiger partial charge in [-0.05, 0) is 43.9 Å². The predicted molar refractivity (Wildman–Crippen MR) is 117 cm³/mol. The first kappa shape index (κ1) is 21.0. The number of carbonyl (C=O) groups is 1. The minimum Gasteiger partial charge on any atom is -0.493 e. The lowest BCUT2D eigenvalue weighted by Crippen LogP contribution is -2.35. The van der Waals surface area contributed by atoms with Crippen LogP contribution < -0.4 is 19.5 Å². The average Bonchev–Trinajstić information content (AvgIpc) is 3.47. The van der Waals surface area contributed by atoms with Crippen molar-refractivity contribution in [3.8, 4) is 33.1 Å². The fraction of sp³-hybridized carbons (Fsp3) is 0.364. The predicted octanol–water partition coefficient (Wildman–Crippen LogP) is 4.08. The Labute approximate surface area is 184 Å². The molecule has 3 aromatic rings. The van der Waals surface area contributed by atoms with Crippen molar-refractivity contribution in [1.82, 2.24) is 20.5 Å². The number of benzene rings is 1. The number of carbonyl (C=O) groups excluding carboxylic acids is 1. The van der Waals surface area contributed by atoms with Gasteiger partial charge in [-0.3, -0.25) is 4.79 Å². The number of hydrogen-bond acceptors (Lipinski definition) is 8. The molecule has 162 valence electrons. The first-order chi connectivity index (χ1) is 15.0. The third-order valence-corrected chi connectivity index (χ3v) is 5.41. The molecular formula is C22H24N4O4S. The number of ether oxygens (including phenoxy) is 3. The largest absolute Gasteiger partial charge is 0.493 e. The van der Waals surface area contributed by atoms with Gasteiger partial charge < -0.3 is 19.5 Å². The molecule has 1 aliphatic rings. The number of hydrogen-bond donors (Lipinski definition) is 1. The number of nitrogens with zero attached hydrogens (tertiary/aromatic N) is 3. The second-order valence-electron chi connectivity index (χ2n) is 7.49. The van der Waals surface area contributed by atoms with Crippen LogP contribution in [-0.2, 0) is 4.79 Å². The maximum Gasteiger partial charge on any atom is 0.238 e. The monoisotopic (exact) mass is 440 g/mol. The Morgan fingerprint density at radius 2 is 2.03 bits per heavy atom.